The number of thiazole rings is 1. The number of sulfonamides is 1. The predicted molar refractivity (Wildman–Crippen MR) is 99.6 cm³/mol. The Morgan fingerprint density at radius 2 is 1.97 bits per heavy atom. The van der Waals surface area contributed by atoms with E-state index < -0.39 is 33.8 Å². The zero-order valence-electron chi connectivity index (χ0n) is 16.2. The Balaban J connectivity index is 1.68. The van der Waals surface area contributed by atoms with Crippen LogP contribution in [0.1, 0.15) is 31.6 Å². The molecule has 166 valence electrons. The van der Waals surface area contributed by atoms with Gasteiger partial charge in [0.05, 0.1) is 19.6 Å². The first-order chi connectivity index (χ1) is 13.8. The molecule has 15 heteroatoms. The number of carbonyl (C=O) groups excluding carboxylic acids is 1. The summed E-state index contributed by atoms with van der Waals surface area (Å²) in [5.74, 6) is 0.251. The van der Waals surface area contributed by atoms with Gasteiger partial charge in [-0.3, -0.25) is 0 Å². The molecule has 0 bridgehead atoms. The highest BCUT2D eigenvalue weighted by Crippen LogP contribution is 2.29. The number of nitrogens with one attached hydrogen (secondary N) is 1. The van der Waals surface area contributed by atoms with E-state index in [-0.39, 0.29) is 31.3 Å². The van der Waals surface area contributed by atoms with Crippen LogP contribution >= 0.6 is 11.3 Å². The summed E-state index contributed by atoms with van der Waals surface area (Å²) in [5, 5.41) is 8.94. The van der Waals surface area contributed by atoms with Crippen LogP contribution in [0.2, 0.25) is 0 Å². The molecule has 0 spiro atoms. The second-order valence-corrected chi connectivity index (χ2v) is 10.2. The van der Waals surface area contributed by atoms with Gasteiger partial charge in [-0.1, -0.05) is 0 Å². The minimum absolute atomic E-state index is 0.0607. The van der Waals surface area contributed by atoms with Crippen LogP contribution < -0.4 is 5.32 Å². The van der Waals surface area contributed by atoms with Crippen molar-refractivity contribution in [1.82, 2.24) is 29.4 Å². The van der Waals surface area contributed by atoms with Gasteiger partial charge in [-0.25, -0.2) is 27.9 Å². The van der Waals surface area contributed by atoms with Crippen molar-refractivity contribution in [2.24, 2.45) is 0 Å². The molecule has 0 aromatic carbocycles. The number of amides is 1. The molecule has 3 heterocycles. The minimum atomic E-state index is -5.44. The molecular weight excluding hydrogens is 449 g/mol. The van der Waals surface area contributed by atoms with Crippen LogP contribution in [-0.4, -0.2) is 56.2 Å². The smallest absolute Gasteiger partial charge is 0.444 e. The van der Waals surface area contributed by atoms with E-state index in [1.54, 1.807) is 26.2 Å². The van der Waals surface area contributed by atoms with Crippen molar-refractivity contribution < 1.29 is 31.1 Å². The number of alkyl carbamates (subject to hydrolysis) is 1. The summed E-state index contributed by atoms with van der Waals surface area (Å²) in [6.45, 7) is 4.37. The fourth-order valence-corrected chi connectivity index (χ4v) is 4.14. The minimum Gasteiger partial charge on any atom is -0.444 e. The molecule has 1 aliphatic rings. The molecule has 2 aromatic heterocycles. The molecule has 0 saturated heterocycles. The van der Waals surface area contributed by atoms with E-state index in [2.05, 4.69) is 20.4 Å². The van der Waals surface area contributed by atoms with Crippen molar-refractivity contribution in [1.29, 1.82) is 0 Å². The van der Waals surface area contributed by atoms with Gasteiger partial charge >= 0.3 is 21.6 Å². The number of aromatic nitrogens is 4. The Morgan fingerprint density at radius 1 is 1.27 bits per heavy atom. The van der Waals surface area contributed by atoms with Crippen LogP contribution in [0.15, 0.2) is 5.38 Å². The molecule has 0 fully saturated rings. The van der Waals surface area contributed by atoms with Crippen LogP contribution in [0.5, 0.6) is 0 Å². The predicted octanol–water partition coefficient (Wildman–Crippen LogP) is 2.09. The van der Waals surface area contributed by atoms with Crippen LogP contribution in [0, 0.1) is 0 Å². The number of hydrogen-bond donors (Lipinski definition) is 1. The number of ether oxygens (including phenoxy) is 1. The lowest BCUT2D eigenvalue weighted by molar-refractivity contribution is -0.0496. The summed E-state index contributed by atoms with van der Waals surface area (Å²) in [4.78, 5) is 20.1. The lowest BCUT2D eigenvalue weighted by atomic mass is 10.2. The highest BCUT2D eigenvalue weighted by molar-refractivity contribution is 7.89. The van der Waals surface area contributed by atoms with Crippen LogP contribution in [0.25, 0.3) is 11.5 Å². The molecule has 0 aliphatic carbocycles. The van der Waals surface area contributed by atoms with Gasteiger partial charge < -0.3 is 10.1 Å². The van der Waals surface area contributed by atoms with Crippen molar-refractivity contribution in [2.45, 2.75) is 51.5 Å². The Bertz CT molecular complexity index is 1040. The lowest BCUT2D eigenvalue weighted by Crippen LogP contribution is -2.44. The van der Waals surface area contributed by atoms with E-state index in [9.17, 15) is 26.4 Å². The molecule has 2 aromatic rings. The lowest BCUT2D eigenvalue weighted by Gasteiger charge is -2.26. The summed E-state index contributed by atoms with van der Waals surface area (Å²) in [7, 11) is -5.44. The molecule has 10 nitrogen and oxygen atoms in total. The molecule has 30 heavy (non-hydrogen) atoms. The summed E-state index contributed by atoms with van der Waals surface area (Å²) >= 11 is 1.23. The highest BCUT2D eigenvalue weighted by atomic mass is 32.2. The van der Waals surface area contributed by atoms with E-state index in [4.69, 9.17) is 4.74 Å². The van der Waals surface area contributed by atoms with Crippen LogP contribution in [0.4, 0.5) is 18.0 Å². The highest BCUT2D eigenvalue weighted by Gasteiger charge is 2.50. The van der Waals surface area contributed by atoms with Crippen molar-refractivity contribution >= 4 is 27.5 Å². The van der Waals surface area contributed by atoms with Gasteiger partial charge in [0, 0.05) is 11.9 Å². The van der Waals surface area contributed by atoms with Crippen molar-refractivity contribution in [3.05, 3.63) is 16.2 Å². The van der Waals surface area contributed by atoms with E-state index in [0.29, 0.717) is 15.0 Å². The Morgan fingerprint density at radius 3 is 2.60 bits per heavy atom. The Kier molecular flexibility index (Phi) is 5.81. The molecule has 0 unspecified atom stereocenters. The van der Waals surface area contributed by atoms with Crippen LogP contribution in [0.3, 0.4) is 0 Å². The van der Waals surface area contributed by atoms with Gasteiger partial charge in [-0.15, -0.1) is 16.4 Å². The average molecular weight is 468 g/mol. The number of carbonyl (C=O) groups is 1. The molecule has 0 saturated carbocycles. The standard InChI is InChI=1S/C15H19F3N6O4S2/c1-14(2,3)28-13(25)19-6-11-20-9(8-29-11)12-21-10-7-23(4-5-24(10)22-12)30(26,27)15(16,17)18/h8H,4-7H2,1-3H3,(H,19,25). The Labute approximate surface area is 174 Å². The summed E-state index contributed by atoms with van der Waals surface area (Å²) in [6, 6.07) is 0. The average Bonchev–Trinajstić information content (AvgIpc) is 3.23. The normalized spacial score (nSPS) is 15.7. The zero-order chi connectivity index (χ0) is 22.3. The molecule has 0 atom stereocenters. The van der Waals surface area contributed by atoms with Gasteiger partial charge in [0.25, 0.3) is 0 Å². The first-order valence-corrected chi connectivity index (χ1v) is 11.0. The third-order valence-electron chi connectivity index (χ3n) is 3.82. The number of halogens is 3. The molecule has 1 amide bonds. The maximum absolute atomic E-state index is 12.8. The van der Waals surface area contributed by atoms with E-state index in [0.717, 1.165) is 0 Å². The van der Waals surface area contributed by atoms with Crippen molar-refractivity contribution in [2.75, 3.05) is 6.54 Å². The monoisotopic (exact) mass is 468 g/mol. The number of fused-ring (bicyclic) bond motifs is 1. The van der Waals surface area contributed by atoms with Gasteiger partial charge in [0.15, 0.2) is 0 Å². The Hall–Kier alpha value is -2.26. The fourth-order valence-electron chi connectivity index (χ4n) is 2.53. The second kappa shape index (κ2) is 7.77. The van der Waals surface area contributed by atoms with E-state index in [1.165, 1.54) is 16.0 Å². The zero-order valence-corrected chi connectivity index (χ0v) is 17.9. The van der Waals surface area contributed by atoms with E-state index >= 15 is 0 Å². The maximum atomic E-state index is 12.8. The number of rotatable bonds is 4. The first kappa shape index (κ1) is 22.4. The van der Waals surface area contributed by atoms with Crippen molar-refractivity contribution in [3.8, 4) is 11.5 Å². The third kappa shape index (κ3) is 4.89. The third-order valence-corrected chi connectivity index (χ3v) is 6.25. The van der Waals surface area contributed by atoms with Crippen LogP contribution in [-0.2, 0) is 34.4 Å². The molecule has 1 N–H and O–H groups in total. The number of nitrogens with zero attached hydrogens (tertiary/aromatic N) is 5. The topological polar surface area (TPSA) is 119 Å². The number of hydrogen-bond acceptors (Lipinski definition) is 8. The molecule has 1 aliphatic heterocycles. The summed E-state index contributed by atoms with van der Waals surface area (Å²) in [5.41, 5.74) is -5.64. The van der Waals surface area contributed by atoms with Gasteiger partial charge in [0.2, 0.25) is 5.82 Å². The second-order valence-electron chi connectivity index (χ2n) is 7.34. The summed E-state index contributed by atoms with van der Waals surface area (Å²) in [6.07, 6.45) is -0.596. The fraction of sp³-hybridized carbons (Fsp3) is 0.600. The van der Waals surface area contributed by atoms with Gasteiger partial charge in [0.1, 0.15) is 22.1 Å². The summed E-state index contributed by atoms with van der Waals surface area (Å²) < 4.78 is 68.3. The quantitative estimate of drug-likeness (QED) is 0.730. The largest absolute Gasteiger partial charge is 0.511 e. The SMILES string of the molecule is CC(C)(C)OC(=O)NCc1nc(-c2nc3n(n2)CCN(S(=O)(=O)C(F)(F)F)C3)cs1. The number of alkyl halides is 3. The molecule has 3 rings (SSSR count). The van der Waals surface area contributed by atoms with Crippen molar-refractivity contribution in [3.63, 3.8) is 0 Å². The molecular formula is C15H19F3N6O4S2. The maximum Gasteiger partial charge on any atom is 0.511 e. The van der Waals surface area contributed by atoms with Gasteiger partial charge in [-0.2, -0.15) is 17.5 Å². The first-order valence-electron chi connectivity index (χ1n) is 8.68. The van der Waals surface area contributed by atoms with E-state index in [1.807, 2.05) is 0 Å². The van der Waals surface area contributed by atoms with Gasteiger partial charge in [-0.05, 0) is 20.8 Å². The molecule has 0 radical (unpaired) electrons.